The summed E-state index contributed by atoms with van der Waals surface area (Å²) in [6.45, 7) is 2.87. The first-order valence-corrected chi connectivity index (χ1v) is 6.90. The average molecular weight is 378 g/mol. The van der Waals surface area contributed by atoms with E-state index in [9.17, 15) is 18.0 Å². The van der Waals surface area contributed by atoms with Gasteiger partial charge < -0.3 is 0 Å². The van der Waals surface area contributed by atoms with Gasteiger partial charge in [0.25, 0.3) is 5.91 Å². The Labute approximate surface area is 131 Å². The minimum Gasteiger partial charge on any atom is -0.293 e. The van der Waals surface area contributed by atoms with Crippen LogP contribution in [0.3, 0.4) is 0 Å². The van der Waals surface area contributed by atoms with Crippen LogP contribution in [-0.4, -0.2) is 25.7 Å². The molecule has 0 saturated heterocycles. The summed E-state index contributed by atoms with van der Waals surface area (Å²) in [5.74, 6) is -0.503. The number of amides is 1. The highest BCUT2D eigenvalue weighted by molar-refractivity contribution is 9.10. The highest BCUT2D eigenvalue weighted by Crippen LogP contribution is 2.36. The van der Waals surface area contributed by atoms with Crippen LogP contribution in [0.2, 0.25) is 0 Å². The molecule has 0 aromatic carbocycles. The molecule has 10 heteroatoms. The van der Waals surface area contributed by atoms with E-state index in [1.165, 1.54) is 26.2 Å². The van der Waals surface area contributed by atoms with Crippen LogP contribution < -0.4 is 5.32 Å². The molecule has 0 spiro atoms. The van der Waals surface area contributed by atoms with E-state index in [0.29, 0.717) is 0 Å². The molecule has 2 aromatic heterocycles. The van der Waals surface area contributed by atoms with Gasteiger partial charge in [-0.3, -0.25) is 14.8 Å². The fourth-order valence-electron chi connectivity index (χ4n) is 1.75. The van der Waals surface area contributed by atoms with Gasteiger partial charge in [-0.15, -0.1) is 0 Å². The quantitative estimate of drug-likeness (QED) is 0.892. The van der Waals surface area contributed by atoms with Crippen molar-refractivity contribution >= 4 is 27.8 Å². The molecular weight excluding hydrogens is 367 g/mol. The first kappa shape index (κ1) is 16.4. The lowest BCUT2D eigenvalue weighted by Crippen LogP contribution is -2.26. The van der Waals surface area contributed by atoms with Gasteiger partial charge in [-0.05, 0) is 35.8 Å². The van der Waals surface area contributed by atoms with Gasteiger partial charge in [0.15, 0.2) is 5.69 Å². The number of nitrogens with one attached hydrogen (secondary N) is 1. The summed E-state index contributed by atoms with van der Waals surface area (Å²) in [4.78, 5) is 19.7. The number of aromatic nitrogens is 4. The Kier molecular flexibility index (Phi) is 4.50. The standard InChI is InChI=1S/C12H11BrF3N5O/c1-6-8(13)9(12(14,15)16)20-21(6)7(2)10(22)19-11-17-4-3-5-18-11/h3-5,7H,1-2H3,(H,17,18,19,22). The minimum absolute atomic E-state index is 0.0688. The zero-order chi connectivity index (χ0) is 16.5. The summed E-state index contributed by atoms with van der Waals surface area (Å²) in [5.41, 5.74) is -0.871. The molecule has 22 heavy (non-hydrogen) atoms. The maximum absolute atomic E-state index is 12.8. The fourth-order valence-corrected chi connectivity index (χ4v) is 2.23. The van der Waals surface area contributed by atoms with Gasteiger partial charge in [0, 0.05) is 12.4 Å². The van der Waals surface area contributed by atoms with Gasteiger partial charge in [-0.1, -0.05) is 0 Å². The van der Waals surface area contributed by atoms with Crippen LogP contribution in [-0.2, 0) is 11.0 Å². The van der Waals surface area contributed by atoms with Crippen LogP contribution >= 0.6 is 15.9 Å². The summed E-state index contributed by atoms with van der Waals surface area (Å²) < 4.78 is 39.3. The minimum atomic E-state index is -4.60. The number of carbonyl (C=O) groups excluding carboxylic acids is 1. The lowest BCUT2D eigenvalue weighted by molar-refractivity contribution is -0.142. The Morgan fingerprint density at radius 1 is 1.36 bits per heavy atom. The van der Waals surface area contributed by atoms with E-state index in [4.69, 9.17) is 0 Å². The number of rotatable bonds is 3. The molecule has 2 rings (SSSR count). The zero-order valence-electron chi connectivity index (χ0n) is 11.5. The molecule has 0 fully saturated rings. The first-order chi connectivity index (χ1) is 10.2. The van der Waals surface area contributed by atoms with Crippen molar-refractivity contribution in [1.82, 2.24) is 19.7 Å². The number of halogens is 4. The van der Waals surface area contributed by atoms with E-state index < -0.39 is 23.8 Å². The van der Waals surface area contributed by atoms with Crippen LogP contribution in [0.15, 0.2) is 22.9 Å². The molecule has 0 aliphatic rings. The Balaban J connectivity index is 2.26. The van der Waals surface area contributed by atoms with Gasteiger partial charge in [0.2, 0.25) is 5.95 Å². The van der Waals surface area contributed by atoms with Crippen molar-refractivity contribution in [2.75, 3.05) is 5.32 Å². The van der Waals surface area contributed by atoms with Crippen LogP contribution in [0, 0.1) is 6.92 Å². The third-order valence-corrected chi connectivity index (χ3v) is 3.84. The maximum atomic E-state index is 12.8. The molecule has 2 aromatic rings. The Morgan fingerprint density at radius 3 is 2.45 bits per heavy atom. The second-order valence-corrected chi connectivity index (χ2v) is 5.22. The third kappa shape index (κ3) is 3.26. The zero-order valence-corrected chi connectivity index (χ0v) is 13.1. The van der Waals surface area contributed by atoms with Crippen molar-refractivity contribution in [3.63, 3.8) is 0 Å². The molecule has 1 amide bonds. The number of anilines is 1. The molecule has 1 atom stereocenters. The molecule has 6 nitrogen and oxygen atoms in total. The number of carbonyl (C=O) groups is 1. The Bertz CT molecular complexity index is 686. The Hall–Kier alpha value is -1.97. The summed E-state index contributed by atoms with van der Waals surface area (Å²) in [5, 5.41) is 5.90. The topological polar surface area (TPSA) is 72.7 Å². The summed E-state index contributed by atoms with van der Waals surface area (Å²) >= 11 is 2.86. The van der Waals surface area contributed by atoms with E-state index in [-0.39, 0.29) is 16.1 Å². The summed E-state index contributed by atoms with van der Waals surface area (Å²) in [6.07, 6.45) is -1.73. The van der Waals surface area contributed by atoms with Gasteiger partial charge in [0.1, 0.15) is 6.04 Å². The molecular formula is C12H11BrF3N5O. The van der Waals surface area contributed by atoms with Crippen molar-refractivity contribution in [1.29, 1.82) is 0 Å². The van der Waals surface area contributed by atoms with Crippen LogP contribution in [0.1, 0.15) is 24.4 Å². The number of hydrogen-bond donors (Lipinski definition) is 1. The molecule has 0 aliphatic heterocycles. The highest BCUT2D eigenvalue weighted by atomic mass is 79.9. The second kappa shape index (κ2) is 6.03. The monoisotopic (exact) mass is 377 g/mol. The van der Waals surface area contributed by atoms with Crippen molar-refractivity contribution in [2.45, 2.75) is 26.1 Å². The first-order valence-electron chi connectivity index (χ1n) is 6.11. The summed E-state index contributed by atoms with van der Waals surface area (Å²) in [7, 11) is 0. The van der Waals surface area contributed by atoms with Gasteiger partial charge in [0.05, 0.1) is 10.2 Å². The van der Waals surface area contributed by atoms with Gasteiger partial charge in [-0.25, -0.2) is 9.97 Å². The van der Waals surface area contributed by atoms with Crippen molar-refractivity contribution < 1.29 is 18.0 Å². The molecule has 0 bridgehead atoms. The van der Waals surface area contributed by atoms with Gasteiger partial charge >= 0.3 is 6.18 Å². The Morgan fingerprint density at radius 2 is 1.95 bits per heavy atom. The van der Waals surface area contributed by atoms with E-state index in [0.717, 1.165) is 4.68 Å². The van der Waals surface area contributed by atoms with Crippen LogP contribution in [0.5, 0.6) is 0 Å². The largest absolute Gasteiger partial charge is 0.436 e. The summed E-state index contributed by atoms with van der Waals surface area (Å²) in [6, 6.07) is 0.611. The molecule has 2 heterocycles. The fraction of sp³-hybridized carbons (Fsp3) is 0.333. The van der Waals surface area contributed by atoms with Crippen molar-refractivity contribution in [3.8, 4) is 0 Å². The van der Waals surface area contributed by atoms with E-state index in [2.05, 4.69) is 36.3 Å². The van der Waals surface area contributed by atoms with E-state index >= 15 is 0 Å². The molecule has 1 unspecified atom stereocenters. The lowest BCUT2D eigenvalue weighted by Gasteiger charge is -2.13. The average Bonchev–Trinajstić information content (AvgIpc) is 2.75. The number of nitrogens with zero attached hydrogens (tertiary/aromatic N) is 4. The van der Waals surface area contributed by atoms with Crippen molar-refractivity contribution in [3.05, 3.63) is 34.3 Å². The predicted octanol–water partition coefficient (Wildman–Crippen LogP) is 2.96. The predicted molar refractivity (Wildman–Crippen MR) is 75.0 cm³/mol. The second-order valence-electron chi connectivity index (χ2n) is 4.43. The molecule has 0 radical (unpaired) electrons. The smallest absolute Gasteiger partial charge is 0.293 e. The maximum Gasteiger partial charge on any atom is 0.436 e. The SMILES string of the molecule is Cc1c(Br)c(C(F)(F)F)nn1C(C)C(=O)Nc1ncccn1. The highest BCUT2D eigenvalue weighted by Gasteiger charge is 2.38. The molecule has 118 valence electrons. The van der Waals surface area contributed by atoms with E-state index in [1.807, 2.05) is 0 Å². The normalized spacial score (nSPS) is 13.0. The van der Waals surface area contributed by atoms with Crippen LogP contribution in [0.4, 0.5) is 19.1 Å². The van der Waals surface area contributed by atoms with Crippen molar-refractivity contribution in [2.24, 2.45) is 0 Å². The molecule has 1 N–H and O–H groups in total. The van der Waals surface area contributed by atoms with E-state index in [1.54, 1.807) is 6.07 Å². The lowest BCUT2D eigenvalue weighted by atomic mass is 10.3. The number of hydrogen-bond acceptors (Lipinski definition) is 4. The van der Waals surface area contributed by atoms with Crippen LogP contribution in [0.25, 0.3) is 0 Å². The number of alkyl halides is 3. The molecule has 0 aliphatic carbocycles. The molecule has 0 saturated carbocycles. The van der Waals surface area contributed by atoms with Gasteiger partial charge in [-0.2, -0.15) is 18.3 Å². The third-order valence-electron chi connectivity index (χ3n) is 2.89.